The number of nitrogens with zero attached hydrogens (tertiary/aromatic N) is 7. The molecule has 0 saturated heterocycles. The summed E-state index contributed by atoms with van der Waals surface area (Å²) < 4.78 is 137. The van der Waals surface area contributed by atoms with Gasteiger partial charge in [-0.3, -0.25) is 17.5 Å². The predicted octanol–water partition coefficient (Wildman–Crippen LogP) is 6.30. The Morgan fingerprint density at radius 1 is 0.552 bits per heavy atom. The van der Waals surface area contributed by atoms with E-state index in [1.54, 1.807) is 0 Å². The van der Waals surface area contributed by atoms with Crippen LogP contribution in [0.1, 0.15) is 0 Å². The van der Waals surface area contributed by atoms with Crippen molar-refractivity contribution in [3.05, 3.63) is 78.1 Å². The third kappa shape index (κ3) is 15.3. The second-order valence-corrected chi connectivity index (χ2v) is 20.6. The number of aromatic nitrogens is 3. The van der Waals surface area contributed by atoms with Gasteiger partial charge in [0, 0.05) is 23.5 Å². The van der Waals surface area contributed by atoms with Crippen LogP contribution < -0.4 is 10.6 Å². The van der Waals surface area contributed by atoms with Gasteiger partial charge in [-0.25, -0.2) is 27.4 Å². The fourth-order valence-electron chi connectivity index (χ4n) is 4.92. The van der Waals surface area contributed by atoms with E-state index in [1.165, 1.54) is 30.3 Å². The van der Waals surface area contributed by atoms with Crippen molar-refractivity contribution in [3.8, 4) is 11.5 Å². The molecule has 0 atom stereocenters. The van der Waals surface area contributed by atoms with Crippen LogP contribution in [-0.4, -0.2) is 103 Å². The van der Waals surface area contributed by atoms with Crippen LogP contribution in [0.25, 0.3) is 0 Å². The van der Waals surface area contributed by atoms with E-state index in [0.717, 1.165) is 30.3 Å². The van der Waals surface area contributed by atoms with Crippen LogP contribution in [0, 0.1) is 0 Å². The number of halogens is 1. The molecule has 0 radical (unpaired) electrons. The Morgan fingerprint density at radius 3 is 1.57 bits per heavy atom. The zero-order valence-corrected chi connectivity index (χ0v) is 38.3. The number of nitrogens with one attached hydrogen (secondary N) is 2. The van der Waals surface area contributed by atoms with Gasteiger partial charge in [-0.05, 0) is 72.3 Å². The van der Waals surface area contributed by atoms with Gasteiger partial charge in [-0.1, -0.05) is 10.1 Å². The van der Waals surface area contributed by atoms with Gasteiger partial charge in [0.2, 0.25) is 17.2 Å². The first-order chi connectivity index (χ1) is 31.6. The molecule has 0 amide bonds. The summed E-state index contributed by atoms with van der Waals surface area (Å²) in [5.41, 5.74) is -1.85. The summed E-state index contributed by atoms with van der Waals surface area (Å²) in [5.74, 6) is -3.04. The van der Waals surface area contributed by atoms with Crippen molar-refractivity contribution in [2.45, 2.75) is 19.6 Å². The molecule has 0 aliphatic rings. The maximum Gasteiger partial charge on any atom is 0.296 e. The molecule has 0 aliphatic heterocycles. The zero-order valence-electron chi connectivity index (χ0n) is 32.6. The first-order valence-corrected chi connectivity index (χ1v) is 25.2. The summed E-state index contributed by atoms with van der Waals surface area (Å²) >= 11 is 6.43. The van der Waals surface area contributed by atoms with Crippen LogP contribution in [0.5, 0.6) is 11.5 Å². The molecule has 0 fully saturated rings. The molecular weight excluding hydrogens is 1050 g/mol. The van der Waals surface area contributed by atoms with E-state index in [4.69, 9.17) is 30.5 Å². The molecule has 1 aromatic heterocycles. The minimum atomic E-state index is -5.16. The highest BCUT2D eigenvalue weighted by molar-refractivity contribution is 7.92. The Balaban J connectivity index is 1.36. The Morgan fingerprint density at radius 2 is 1.03 bits per heavy atom. The number of sulfone groups is 2. The van der Waals surface area contributed by atoms with E-state index in [-0.39, 0.29) is 59.0 Å². The van der Waals surface area contributed by atoms with Crippen LogP contribution in [0.15, 0.2) is 113 Å². The second-order valence-electron chi connectivity index (χ2n) is 12.2. The molecule has 8 N–H and O–H groups in total. The number of anilines is 4. The first kappa shape index (κ1) is 52.6. The lowest BCUT2D eigenvalue weighted by Gasteiger charge is -2.10. The van der Waals surface area contributed by atoms with Crippen LogP contribution in [-0.2, 0) is 67.0 Å². The maximum absolute atomic E-state index is 12.7. The Bertz CT molecular complexity index is 3100. The number of phenols is 2. The number of hydrogen-bond donors (Lipinski definition) is 8. The second kappa shape index (κ2) is 23.1. The molecule has 5 aromatic rings. The molecule has 0 unspecified atom stereocenters. The van der Waals surface area contributed by atoms with E-state index in [2.05, 4.69) is 64.8 Å². The summed E-state index contributed by atoms with van der Waals surface area (Å²) in [4.78, 5) is 9.64. The van der Waals surface area contributed by atoms with Crippen molar-refractivity contribution >= 4 is 122 Å². The molecule has 0 bridgehead atoms. The van der Waals surface area contributed by atoms with Crippen molar-refractivity contribution in [2.75, 3.05) is 35.4 Å². The van der Waals surface area contributed by atoms with Gasteiger partial charge in [-0.2, -0.15) is 31.8 Å². The standard InChI is InChI=1S/C31H28ClN9O20S6/c32-29-35-30(33-17-1-4-19(5-2-17)64(46,47)11-9-56-62-60-58-44)37-31(36-29)34-18-3-8-27(66(50,51)52)24(13-18)41-40-23-15-22(25(42)16-26(23)43)39-38-21-7-6-20(14-28(21)67(53,54)55)65(48,49)12-10-57-63-61-59-45/h1-8,13-16,42-45H,9-12H2,(H,50,51,52)(H,53,54,55)(H2,33,34,35,36,37). The summed E-state index contributed by atoms with van der Waals surface area (Å²) in [6.07, 6.45) is 0. The van der Waals surface area contributed by atoms with E-state index in [1.807, 2.05) is 0 Å². The van der Waals surface area contributed by atoms with Crippen LogP contribution in [0.3, 0.4) is 0 Å². The average molecular weight is 1070 g/mol. The number of aromatic hydroxyl groups is 2. The van der Waals surface area contributed by atoms with E-state index < -0.39 is 107 Å². The van der Waals surface area contributed by atoms with Crippen molar-refractivity contribution in [1.82, 2.24) is 15.0 Å². The lowest BCUT2D eigenvalue weighted by molar-refractivity contribution is -0.434. The number of phenolic OH excluding ortho intramolecular Hbond substituents is 2. The van der Waals surface area contributed by atoms with Crippen molar-refractivity contribution in [1.29, 1.82) is 0 Å². The third-order valence-electron chi connectivity index (χ3n) is 7.83. The zero-order chi connectivity index (χ0) is 49.0. The summed E-state index contributed by atoms with van der Waals surface area (Å²) in [6.45, 7) is -0.825. The molecule has 5 rings (SSSR count). The van der Waals surface area contributed by atoms with Gasteiger partial charge < -0.3 is 20.8 Å². The molecule has 36 heteroatoms. The summed E-state index contributed by atoms with van der Waals surface area (Å²) in [5, 5.41) is 64.0. The largest absolute Gasteiger partial charge is 0.505 e. The predicted molar refractivity (Wildman–Crippen MR) is 229 cm³/mol. The van der Waals surface area contributed by atoms with E-state index in [0.29, 0.717) is 17.8 Å². The van der Waals surface area contributed by atoms with E-state index in [9.17, 15) is 53.0 Å². The molecule has 360 valence electrons. The number of benzene rings is 4. The average Bonchev–Trinajstić information content (AvgIpc) is 3.25. The lowest BCUT2D eigenvalue weighted by atomic mass is 10.2. The number of rotatable bonds is 24. The maximum atomic E-state index is 12.7. The summed E-state index contributed by atoms with van der Waals surface area (Å²) in [7, 11) is -18.2. The van der Waals surface area contributed by atoms with Gasteiger partial charge in [-0.15, -0.1) is 29.1 Å². The quantitative estimate of drug-likeness (QED) is 0.00839. The fraction of sp³-hybridized carbons (Fsp3) is 0.129. The summed E-state index contributed by atoms with van der Waals surface area (Å²) in [6, 6.07) is 12.4. The van der Waals surface area contributed by atoms with Crippen LogP contribution in [0.2, 0.25) is 5.28 Å². The monoisotopic (exact) mass is 1070 g/mol. The highest BCUT2D eigenvalue weighted by Crippen LogP contribution is 2.41. The molecule has 0 saturated carbocycles. The van der Waals surface area contributed by atoms with Gasteiger partial charge in [0.25, 0.3) is 20.2 Å². The van der Waals surface area contributed by atoms with E-state index >= 15 is 0 Å². The highest BCUT2D eigenvalue weighted by Gasteiger charge is 2.23. The molecule has 67 heavy (non-hydrogen) atoms. The van der Waals surface area contributed by atoms with Gasteiger partial charge in [0.05, 0.1) is 34.5 Å². The Hall–Kier alpha value is -5.32. The van der Waals surface area contributed by atoms with Crippen LogP contribution in [0.4, 0.5) is 46.0 Å². The molecular formula is C31H28ClN9O20S6. The van der Waals surface area contributed by atoms with Gasteiger partial charge in [0.1, 0.15) is 44.0 Å². The SMILES string of the molecule is O=S(=O)(O)c1ccc(Nc2nc(Cl)nc(Nc3ccc(S(=O)(=O)CCOSOOO)cc3)n2)cc1N=Nc1cc(N=Nc2ccc(S(=O)(=O)CCOSOOO)cc2S(=O)(=O)O)c(O)cc1O. The van der Waals surface area contributed by atoms with Gasteiger partial charge >= 0.3 is 0 Å². The molecule has 1 heterocycles. The lowest BCUT2D eigenvalue weighted by Crippen LogP contribution is -2.12. The fourth-order valence-corrected chi connectivity index (χ4v) is 9.25. The smallest absolute Gasteiger partial charge is 0.296 e. The van der Waals surface area contributed by atoms with Crippen LogP contribution >= 0.6 is 36.2 Å². The molecule has 4 aromatic carbocycles. The first-order valence-electron chi connectivity index (χ1n) is 17.3. The van der Waals surface area contributed by atoms with Crippen molar-refractivity contribution in [2.24, 2.45) is 20.5 Å². The van der Waals surface area contributed by atoms with Gasteiger partial charge in [0.15, 0.2) is 44.3 Å². The minimum Gasteiger partial charge on any atom is -0.505 e. The number of azo groups is 2. The highest BCUT2D eigenvalue weighted by atomic mass is 35.5. The molecule has 0 spiro atoms. The third-order valence-corrected chi connectivity index (χ3v) is 13.9. The minimum absolute atomic E-state index is 0.0231. The topological polar surface area (TPSA) is 425 Å². The van der Waals surface area contributed by atoms with Crippen molar-refractivity contribution in [3.63, 3.8) is 0 Å². The Kier molecular flexibility index (Phi) is 18.2. The Labute approximate surface area is 390 Å². The normalized spacial score (nSPS) is 12.6. The van der Waals surface area contributed by atoms with Crippen molar-refractivity contribution < 1.29 is 90.6 Å². The molecule has 0 aliphatic carbocycles. The molecule has 29 nitrogen and oxygen atoms in total. The number of hydrogen-bond acceptors (Lipinski definition) is 29.